The summed E-state index contributed by atoms with van der Waals surface area (Å²) in [5.74, 6) is -0.709. The quantitative estimate of drug-likeness (QED) is 0.419. The number of hydrogen-bond donors (Lipinski definition) is 2. The number of aryl methyl sites for hydroxylation is 1. The molecule has 8 nitrogen and oxygen atoms in total. The van der Waals surface area contributed by atoms with Crippen molar-refractivity contribution in [1.82, 2.24) is 29.5 Å². The summed E-state index contributed by atoms with van der Waals surface area (Å²) in [5, 5.41) is 17.1. The minimum atomic E-state index is -0.367. The number of halogens is 1. The fourth-order valence-corrected chi connectivity index (χ4v) is 3.73. The number of nitrogens with one attached hydrogen (secondary N) is 1. The zero-order valence-electron chi connectivity index (χ0n) is 17.9. The average molecular weight is 444 g/mol. The second kappa shape index (κ2) is 8.44. The Bertz CT molecular complexity index is 1490. The minimum absolute atomic E-state index is 0.147. The van der Waals surface area contributed by atoms with E-state index in [9.17, 15) is 9.18 Å². The summed E-state index contributed by atoms with van der Waals surface area (Å²) in [6.07, 6.45) is 2.35. The molecule has 0 aliphatic rings. The lowest BCUT2D eigenvalue weighted by Gasteiger charge is -2.09. The summed E-state index contributed by atoms with van der Waals surface area (Å²) < 4.78 is 17.3. The van der Waals surface area contributed by atoms with Gasteiger partial charge in [0, 0.05) is 18.1 Å². The van der Waals surface area contributed by atoms with Crippen LogP contribution in [0.3, 0.4) is 0 Å². The van der Waals surface area contributed by atoms with E-state index < -0.39 is 0 Å². The van der Waals surface area contributed by atoms with Crippen LogP contribution in [0.2, 0.25) is 0 Å². The van der Waals surface area contributed by atoms with Gasteiger partial charge in [0.05, 0.1) is 29.4 Å². The number of carbonyl (C=O) groups excluding carboxylic acids is 1. The summed E-state index contributed by atoms with van der Waals surface area (Å²) >= 11 is 0. The predicted molar refractivity (Wildman–Crippen MR) is 122 cm³/mol. The molecule has 33 heavy (non-hydrogen) atoms. The van der Waals surface area contributed by atoms with Gasteiger partial charge in [-0.3, -0.25) is 9.20 Å². The van der Waals surface area contributed by atoms with E-state index in [-0.39, 0.29) is 30.6 Å². The molecular weight excluding hydrogens is 423 g/mol. The van der Waals surface area contributed by atoms with Crippen molar-refractivity contribution in [2.45, 2.75) is 13.3 Å². The highest BCUT2D eigenvalue weighted by Crippen LogP contribution is 2.26. The monoisotopic (exact) mass is 444 g/mol. The van der Waals surface area contributed by atoms with Crippen molar-refractivity contribution in [3.63, 3.8) is 0 Å². The number of nitrogens with zero attached hydrogens (tertiary/aromatic N) is 5. The van der Waals surface area contributed by atoms with Gasteiger partial charge in [0.15, 0.2) is 0 Å². The number of rotatable bonds is 6. The number of fused-ring (bicyclic) bond motifs is 3. The summed E-state index contributed by atoms with van der Waals surface area (Å²) in [6, 6.07) is 15.8. The molecule has 1 aromatic carbocycles. The highest BCUT2D eigenvalue weighted by Gasteiger charge is 2.16. The molecule has 0 bridgehead atoms. The number of benzene rings is 1. The van der Waals surface area contributed by atoms with Gasteiger partial charge in [0.25, 0.3) is 5.91 Å². The molecule has 4 aromatic heterocycles. The molecule has 5 rings (SSSR count). The van der Waals surface area contributed by atoms with Crippen LogP contribution in [-0.2, 0) is 6.42 Å². The Kier molecular flexibility index (Phi) is 5.31. The van der Waals surface area contributed by atoms with E-state index in [1.54, 1.807) is 27.4 Å². The number of amides is 1. The predicted octanol–water partition coefficient (Wildman–Crippen LogP) is 3.16. The van der Waals surface area contributed by atoms with Crippen LogP contribution >= 0.6 is 0 Å². The summed E-state index contributed by atoms with van der Waals surface area (Å²) in [6.45, 7) is 2.01. The number of aliphatic hydroxyl groups excluding tert-OH is 1. The van der Waals surface area contributed by atoms with Crippen LogP contribution in [0.1, 0.15) is 23.1 Å². The van der Waals surface area contributed by atoms with E-state index in [0.29, 0.717) is 22.7 Å². The first-order valence-electron chi connectivity index (χ1n) is 10.6. The zero-order chi connectivity index (χ0) is 22.9. The van der Waals surface area contributed by atoms with Crippen LogP contribution in [0.4, 0.5) is 4.39 Å². The Morgan fingerprint density at radius 2 is 1.97 bits per heavy atom. The Morgan fingerprint density at radius 1 is 1.12 bits per heavy atom. The van der Waals surface area contributed by atoms with E-state index in [4.69, 9.17) is 10.1 Å². The van der Waals surface area contributed by atoms with E-state index in [0.717, 1.165) is 23.2 Å². The van der Waals surface area contributed by atoms with Crippen molar-refractivity contribution in [3.05, 3.63) is 78.0 Å². The highest BCUT2D eigenvalue weighted by molar-refractivity contribution is 5.93. The molecule has 0 aliphatic heterocycles. The summed E-state index contributed by atoms with van der Waals surface area (Å²) in [4.78, 5) is 21.5. The van der Waals surface area contributed by atoms with Gasteiger partial charge in [0.2, 0.25) is 0 Å². The SMILES string of the molecule is CCc1cc(-c2ccc3ccc4nc(C(=O)NCCO)cn4c3n2)n(-c2cccc(F)c2)n1. The molecule has 0 unspecified atom stereocenters. The molecule has 0 radical (unpaired) electrons. The van der Waals surface area contributed by atoms with Gasteiger partial charge in [-0.2, -0.15) is 5.10 Å². The van der Waals surface area contributed by atoms with Gasteiger partial charge >= 0.3 is 0 Å². The number of pyridine rings is 2. The average Bonchev–Trinajstić information content (AvgIpc) is 3.47. The lowest BCUT2D eigenvalue weighted by Crippen LogP contribution is -2.26. The molecule has 0 aliphatic carbocycles. The third-order valence-electron chi connectivity index (χ3n) is 5.35. The Morgan fingerprint density at radius 3 is 2.76 bits per heavy atom. The molecule has 0 fully saturated rings. The van der Waals surface area contributed by atoms with Crippen molar-refractivity contribution < 1.29 is 14.3 Å². The Labute approximate surface area is 188 Å². The van der Waals surface area contributed by atoms with Gasteiger partial charge in [-0.1, -0.05) is 13.0 Å². The smallest absolute Gasteiger partial charge is 0.271 e. The number of imidazole rings is 1. The van der Waals surface area contributed by atoms with Crippen LogP contribution < -0.4 is 5.32 Å². The van der Waals surface area contributed by atoms with Crippen LogP contribution in [0.15, 0.2) is 60.8 Å². The van der Waals surface area contributed by atoms with Crippen LogP contribution in [0.5, 0.6) is 0 Å². The number of carbonyl (C=O) groups is 1. The molecule has 5 aromatic rings. The fraction of sp³-hybridized carbons (Fsp3) is 0.167. The maximum Gasteiger partial charge on any atom is 0.271 e. The maximum atomic E-state index is 13.9. The van der Waals surface area contributed by atoms with Crippen LogP contribution in [-0.4, -0.2) is 48.3 Å². The maximum absolute atomic E-state index is 13.9. The molecule has 4 heterocycles. The van der Waals surface area contributed by atoms with Crippen LogP contribution in [0.25, 0.3) is 33.8 Å². The van der Waals surface area contributed by atoms with Crippen LogP contribution in [0, 0.1) is 5.82 Å². The first kappa shape index (κ1) is 20.8. The first-order chi connectivity index (χ1) is 16.1. The fourth-order valence-electron chi connectivity index (χ4n) is 3.73. The van der Waals surface area contributed by atoms with E-state index in [1.165, 1.54) is 12.1 Å². The normalized spacial score (nSPS) is 11.4. The van der Waals surface area contributed by atoms with E-state index in [1.807, 2.05) is 37.3 Å². The number of hydrogen-bond acceptors (Lipinski definition) is 5. The lowest BCUT2D eigenvalue weighted by molar-refractivity contribution is 0.0940. The minimum Gasteiger partial charge on any atom is -0.395 e. The molecule has 2 N–H and O–H groups in total. The molecular formula is C24H21FN6O2. The molecule has 0 saturated carbocycles. The number of aromatic nitrogens is 5. The van der Waals surface area contributed by atoms with Crippen molar-refractivity contribution >= 4 is 22.6 Å². The first-order valence-corrected chi connectivity index (χ1v) is 10.6. The highest BCUT2D eigenvalue weighted by atomic mass is 19.1. The Balaban J connectivity index is 1.65. The number of aliphatic hydroxyl groups is 1. The second-order valence-corrected chi connectivity index (χ2v) is 7.54. The van der Waals surface area contributed by atoms with Crippen molar-refractivity contribution in [1.29, 1.82) is 0 Å². The summed E-state index contributed by atoms with van der Waals surface area (Å²) in [7, 11) is 0. The van der Waals surface area contributed by atoms with Gasteiger partial charge in [-0.25, -0.2) is 19.0 Å². The van der Waals surface area contributed by atoms with Gasteiger partial charge < -0.3 is 10.4 Å². The van der Waals surface area contributed by atoms with Crippen molar-refractivity contribution in [3.8, 4) is 17.1 Å². The zero-order valence-corrected chi connectivity index (χ0v) is 17.9. The van der Waals surface area contributed by atoms with Crippen molar-refractivity contribution in [2.75, 3.05) is 13.2 Å². The van der Waals surface area contributed by atoms with Gasteiger partial charge in [-0.15, -0.1) is 0 Å². The second-order valence-electron chi connectivity index (χ2n) is 7.54. The van der Waals surface area contributed by atoms with Gasteiger partial charge in [-0.05, 0) is 55.0 Å². The molecule has 0 saturated heterocycles. The van der Waals surface area contributed by atoms with E-state index in [2.05, 4.69) is 15.4 Å². The van der Waals surface area contributed by atoms with E-state index >= 15 is 0 Å². The summed E-state index contributed by atoms with van der Waals surface area (Å²) in [5.41, 5.74) is 4.30. The van der Waals surface area contributed by atoms with Crippen molar-refractivity contribution in [2.24, 2.45) is 0 Å². The third-order valence-corrected chi connectivity index (χ3v) is 5.35. The molecule has 9 heteroatoms. The Hall–Kier alpha value is -4.11. The topological polar surface area (TPSA) is 97.3 Å². The lowest BCUT2D eigenvalue weighted by atomic mass is 10.2. The molecule has 166 valence electrons. The third kappa shape index (κ3) is 3.83. The molecule has 0 spiro atoms. The standard InChI is InChI=1S/C24H21FN6O2/c1-2-17-13-21(31(29-17)18-5-3-4-16(25)12-18)19-8-6-15-7-9-22-27-20(24(33)26-10-11-32)14-30(22)23(15)28-19/h3-9,12-14,32H,2,10-11H2,1H3,(H,26,33). The largest absolute Gasteiger partial charge is 0.395 e. The molecule has 0 atom stereocenters. The molecule has 1 amide bonds. The van der Waals surface area contributed by atoms with Gasteiger partial charge in [0.1, 0.15) is 22.8 Å².